The fraction of sp³-hybridized carbons (Fsp3) is 0.533. The Morgan fingerprint density at radius 3 is 2.52 bits per heavy atom. The van der Waals surface area contributed by atoms with Crippen LogP contribution in [0.25, 0.3) is 0 Å². The predicted octanol–water partition coefficient (Wildman–Crippen LogP) is 1.37. The fourth-order valence-corrected chi connectivity index (χ4v) is 2.39. The van der Waals surface area contributed by atoms with Crippen molar-refractivity contribution in [1.82, 2.24) is 10.2 Å². The second-order valence-electron chi connectivity index (χ2n) is 5.28. The average molecular weight is 308 g/mol. The maximum atomic E-state index is 5.33. The highest BCUT2D eigenvalue weighted by molar-refractivity contribution is 7.80. The van der Waals surface area contributed by atoms with E-state index in [0.29, 0.717) is 5.11 Å². The summed E-state index contributed by atoms with van der Waals surface area (Å²) in [6.45, 7) is 5.52. The first-order valence-corrected chi connectivity index (χ1v) is 7.68. The molecule has 1 fully saturated rings. The number of thiocarbonyl (C=S) groups is 1. The smallest absolute Gasteiger partial charge is 0.170 e. The summed E-state index contributed by atoms with van der Waals surface area (Å²) in [6.07, 6.45) is 0. The molecule has 1 aromatic rings. The first-order valence-electron chi connectivity index (χ1n) is 7.27. The van der Waals surface area contributed by atoms with Crippen molar-refractivity contribution < 1.29 is 4.74 Å². The van der Waals surface area contributed by atoms with Crippen molar-refractivity contribution in [1.29, 1.82) is 0 Å². The van der Waals surface area contributed by atoms with Crippen molar-refractivity contribution in [2.24, 2.45) is 0 Å². The molecule has 2 N–H and O–H groups in total. The van der Waals surface area contributed by atoms with E-state index in [-0.39, 0.29) is 0 Å². The molecule has 0 amide bonds. The number of nitrogens with one attached hydrogen (secondary N) is 2. The number of hydrogen-bond acceptors (Lipinski definition) is 4. The lowest BCUT2D eigenvalue weighted by Crippen LogP contribution is -2.42. The van der Waals surface area contributed by atoms with Crippen molar-refractivity contribution in [3.8, 4) is 0 Å². The molecule has 1 heterocycles. The van der Waals surface area contributed by atoms with Gasteiger partial charge in [0, 0.05) is 51.6 Å². The van der Waals surface area contributed by atoms with E-state index >= 15 is 0 Å². The van der Waals surface area contributed by atoms with Gasteiger partial charge in [-0.3, -0.25) is 4.90 Å². The number of nitrogens with zero attached hydrogens (tertiary/aromatic N) is 2. The van der Waals surface area contributed by atoms with Gasteiger partial charge in [-0.2, -0.15) is 0 Å². The maximum Gasteiger partial charge on any atom is 0.170 e. The molecule has 1 aromatic carbocycles. The normalized spacial score (nSPS) is 15.5. The Bertz CT molecular complexity index is 443. The molecule has 116 valence electrons. The van der Waals surface area contributed by atoms with Crippen molar-refractivity contribution in [2.45, 2.75) is 0 Å². The monoisotopic (exact) mass is 308 g/mol. The lowest BCUT2D eigenvalue weighted by molar-refractivity contribution is 0.0389. The highest BCUT2D eigenvalue weighted by Gasteiger charge is 2.09. The molecular formula is C15H24N4OS. The molecule has 1 aliphatic rings. The summed E-state index contributed by atoms with van der Waals surface area (Å²) in [4.78, 5) is 4.45. The van der Waals surface area contributed by atoms with Gasteiger partial charge < -0.3 is 20.3 Å². The summed E-state index contributed by atoms with van der Waals surface area (Å²) in [7, 11) is 4.06. The highest BCUT2D eigenvalue weighted by atomic mass is 32.1. The molecule has 1 saturated heterocycles. The van der Waals surface area contributed by atoms with Crippen LogP contribution in [0.4, 0.5) is 11.4 Å². The molecule has 0 radical (unpaired) electrons. The van der Waals surface area contributed by atoms with Gasteiger partial charge in [0.1, 0.15) is 0 Å². The quantitative estimate of drug-likeness (QED) is 0.801. The largest absolute Gasteiger partial charge is 0.379 e. The zero-order valence-electron chi connectivity index (χ0n) is 12.8. The van der Waals surface area contributed by atoms with E-state index < -0.39 is 0 Å². The molecule has 6 heteroatoms. The van der Waals surface area contributed by atoms with E-state index in [0.717, 1.165) is 45.1 Å². The molecule has 2 rings (SSSR count). The summed E-state index contributed by atoms with van der Waals surface area (Å²) in [6, 6.07) is 8.20. The predicted molar refractivity (Wildman–Crippen MR) is 92.3 cm³/mol. The van der Waals surface area contributed by atoms with Crippen LogP contribution < -0.4 is 15.5 Å². The maximum absolute atomic E-state index is 5.33. The van der Waals surface area contributed by atoms with Crippen molar-refractivity contribution in [3.63, 3.8) is 0 Å². The van der Waals surface area contributed by atoms with Crippen LogP contribution in [0.15, 0.2) is 24.3 Å². The number of ether oxygens (including phenoxy) is 1. The molecule has 0 bridgehead atoms. The first kappa shape index (κ1) is 16.0. The van der Waals surface area contributed by atoms with Crippen LogP contribution >= 0.6 is 12.2 Å². The molecule has 0 atom stereocenters. The van der Waals surface area contributed by atoms with Gasteiger partial charge in [0.25, 0.3) is 0 Å². The summed E-state index contributed by atoms with van der Waals surface area (Å²) >= 11 is 5.31. The Morgan fingerprint density at radius 2 is 1.90 bits per heavy atom. The second kappa shape index (κ2) is 8.17. The molecule has 5 nitrogen and oxygen atoms in total. The fourth-order valence-electron chi connectivity index (χ4n) is 2.17. The number of morpholine rings is 1. The van der Waals surface area contributed by atoms with Crippen LogP contribution in [0, 0.1) is 0 Å². The number of benzene rings is 1. The standard InChI is InChI=1S/C15H24N4OS/c1-18(2)14-5-3-13(4-6-14)17-15(21)16-7-8-19-9-11-20-12-10-19/h3-6H,7-12H2,1-2H3,(H2,16,17,21). The van der Waals surface area contributed by atoms with Gasteiger partial charge in [0.2, 0.25) is 0 Å². The molecule has 1 aliphatic heterocycles. The van der Waals surface area contributed by atoms with Crippen molar-refractivity contribution >= 4 is 28.7 Å². The lowest BCUT2D eigenvalue weighted by Gasteiger charge is -2.26. The van der Waals surface area contributed by atoms with E-state index in [2.05, 4.69) is 32.6 Å². The van der Waals surface area contributed by atoms with E-state index in [1.165, 1.54) is 5.69 Å². The van der Waals surface area contributed by atoms with Gasteiger partial charge in [-0.15, -0.1) is 0 Å². The van der Waals surface area contributed by atoms with Crippen LogP contribution in [0.1, 0.15) is 0 Å². The van der Waals surface area contributed by atoms with Crippen LogP contribution in [0.5, 0.6) is 0 Å². The summed E-state index contributed by atoms with van der Waals surface area (Å²) in [5.74, 6) is 0. The molecule has 0 aromatic heterocycles. The van der Waals surface area contributed by atoms with Gasteiger partial charge in [-0.1, -0.05) is 0 Å². The highest BCUT2D eigenvalue weighted by Crippen LogP contribution is 2.15. The molecular weight excluding hydrogens is 284 g/mol. The third kappa shape index (κ3) is 5.49. The first-order chi connectivity index (χ1) is 10.1. The Balaban J connectivity index is 1.68. The van der Waals surface area contributed by atoms with Crippen molar-refractivity contribution in [3.05, 3.63) is 24.3 Å². The Hall–Kier alpha value is -1.37. The van der Waals surface area contributed by atoms with Crippen LogP contribution in [0.3, 0.4) is 0 Å². The second-order valence-corrected chi connectivity index (χ2v) is 5.68. The Morgan fingerprint density at radius 1 is 1.24 bits per heavy atom. The SMILES string of the molecule is CN(C)c1ccc(NC(=S)NCCN2CCOCC2)cc1. The molecule has 0 unspecified atom stereocenters. The van der Waals surface area contributed by atoms with Crippen LogP contribution in [-0.2, 0) is 4.74 Å². The van der Waals surface area contributed by atoms with Crippen LogP contribution in [-0.4, -0.2) is 63.5 Å². The molecule has 0 spiro atoms. The molecule has 0 saturated carbocycles. The zero-order chi connectivity index (χ0) is 15.1. The Kier molecular flexibility index (Phi) is 6.22. The van der Waals surface area contributed by atoms with E-state index in [9.17, 15) is 0 Å². The number of hydrogen-bond donors (Lipinski definition) is 2. The van der Waals surface area contributed by atoms with Crippen molar-refractivity contribution in [2.75, 3.05) is 63.7 Å². The van der Waals surface area contributed by atoms with Gasteiger partial charge >= 0.3 is 0 Å². The van der Waals surface area contributed by atoms with Gasteiger partial charge in [0.05, 0.1) is 13.2 Å². The average Bonchev–Trinajstić information content (AvgIpc) is 2.49. The van der Waals surface area contributed by atoms with Crippen LogP contribution in [0.2, 0.25) is 0 Å². The minimum absolute atomic E-state index is 0.667. The topological polar surface area (TPSA) is 39.8 Å². The third-order valence-electron chi connectivity index (χ3n) is 3.46. The van der Waals surface area contributed by atoms with Gasteiger partial charge in [-0.25, -0.2) is 0 Å². The molecule has 0 aliphatic carbocycles. The lowest BCUT2D eigenvalue weighted by atomic mass is 10.2. The number of anilines is 2. The van der Waals surface area contributed by atoms with E-state index in [4.69, 9.17) is 17.0 Å². The summed E-state index contributed by atoms with van der Waals surface area (Å²) < 4.78 is 5.33. The zero-order valence-corrected chi connectivity index (χ0v) is 13.6. The minimum atomic E-state index is 0.667. The van der Waals surface area contributed by atoms with E-state index in [1.807, 2.05) is 26.2 Å². The third-order valence-corrected chi connectivity index (χ3v) is 3.71. The van der Waals surface area contributed by atoms with E-state index in [1.54, 1.807) is 0 Å². The van der Waals surface area contributed by atoms with Gasteiger partial charge in [0.15, 0.2) is 5.11 Å². The Labute approximate surface area is 132 Å². The minimum Gasteiger partial charge on any atom is -0.379 e. The van der Waals surface area contributed by atoms with Gasteiger partial charge in [-0.05, 0) is 36.5 Å². The summed E-state index contributed by atoms with van der Waals surface area (Å²) in [5, 5.41) is 7.12. The summed E-state index contributed by atoms with van der Waals surface area (Å²) in [5.41, 5.74) is 2.18. The molecule has 21 heavy (non-hydrogen) atoms. The number of rotatable bonds is 5.